The summed E-state index contributed by atoms with van der Waals surface area (Å²) in [5.41, 5.74) is 5.56. The molecule has 0 unspecified atom stereocenters. The molecule has 0 aromatic heterocycles. The van der Waals surface area contributed by atoms with E-state index in [1.165, 1.54) is 16.7 Å². The zero-order valence-corrected chi connectivity index (χ0v) is 11.9. The van der Waals surface area contributed by atoms with Crippen LogP contribution in [0.5, 0.6) is 5.75 Å². The Bertz CT molecular complexity index is 671. The summed E-state index contributed by atoms with van der Waals surface area (Å²) < 4.78 is 5.30. The first-order valence-corrected chi connectivity index (χ1v) is 7.00. The molecular formula is C18H18O2. The van der Waals surface area contributed by atoms with Crippen LogP contribution in [-0.2, 0) is 6.42 Å². The van der Waals surface area contributed by atoms with Crippen LogP contribution < -0.4 is 4.74 Å². The average molecular weight is 266 g/mol. The minimum absolute atomic E-state index is 0.281. The highest BCUT2D eigenvalue weighted by atomic mass is 16.5. The molecule has 102 valence electrons. The molecule has 0 aliphatic heterocycles. The molecule has 0 fully saturated rings. The van der Waals surface area contributed by atoms with Gasteiger partial charge in [-0.25, -0.2) is 0 Å². The van der Waals surface area contributed by atoms with Crippen molar-refractivity contribution in [2.75, 3.05) is 7.11 Å². The van der Waals surface area contributed by atoms with E-state index in [1.54, 1.807) is 7.11 Å². The normalized spacial score (nSPS) is 14.0. The summed E-state index contributed by atoms with van der Waals surface area (Å²) in [7, 11) is 1.69. The lowest BCUT2D eigenvalue weighted by molar-refractivity contribution is 0.0972. The quantitative estimate of drug-likeness (QED) is 0.814. The number of ketones is 1. The molecule has 0 saturated carbocycles. The molecule has 0 N–H and O–H groups in total. The summed E-state index contributed by atoms with van der Waals surface area (Å²) in [6, 6.07) is 12.4. The van der Waals surface area contributed by atoms with Gasteiger partial charge in [-0.2, -0.15) is 0 Å². The molecule has 20 heavy (non-hydrogen) atoms. The molecule has 0 spiro atoms. The molecule has 2 nitrogen and oxygen atoms in total. The molecule has 2 aromatic rings. The second-order valence-electron chi connectivity index (χ2n) is 5.33. The zero-order valence-electron chi connectivity index (χ0n) is 11.9. The second kappa shape index (κ2) is 5.12. The Labute approximate surface area is 119 Å². The first-order chi connectivity index (χ1) is 9.69. The maximum atomic E-state index is 11.9. The molecule has 2 heteroatoms. The summed E-state index contributed by atoms with van der Waals surface area (Å²) in [5.74, 6) is 1.19. The molecule has 1 aliphatic rings. The summed E-state index contributed by atoms with van der Waals surface area (Å²) in [6.07, 6.45) is 2.66. The fraction of sp³-hybridized carbons (Fsp3) is 0.278. The highest BCUT2D eigenvalue weighted by Crippen LogP contribution is 2.30. The van der Waals surface area contributed by atoms with Gasteiger partial charge in [-0.15, -0.1) is 0 Å². The van der Waals surface area contributed by atoms with Gasteiger partial charge in [0, 0.05) is 12.0 Å². The number of hydrogen-bond donors (Lipinski definition) is 0. The number of methoxy groups -OCH3 is 1. The van der Waals surface area contributed by atoms with E-state index < -0.39 is 0 Å². The minimum atomic E-state index is 0.281. The number of Topliss-reactive ketones (excluding diaryl/α,β-unsaturated/α-hetero) is 1. The van der Waals surface area contributed by atoms with Crippen molar-refractivity contribution in [2.45, 2.75) is 26.2 Å². The standard InChI is InChI=1S/C18H18O2/c1-12-10-13(7-9-18(12)20-2)14-6-8-16-15(11-14)4-3-5-17(16)19/h6-11H,3-5H2,1-2H3. The van der Waals surface area contributed by atoms with Crippen molar-refractivity contribution in [1.29, 1.82) is 0 Å². The van der Waals surface area contributed by atoms with Crippen molar-refractivity contribution >= 4 is 5.78 Å². The van der Waals surface area contributed by atoms with Gasteiger partial charge in [0.25, 0.3) is 0 Å². The summed E-state index contributed by atoms with van der Waals surface area (Å²) >= 11 is 0. The monoisotopic (exact) mass is 266 g/mol. The number of hydrogen-bond acceptors (Lipinski definition) is 2. The fourth-order valence-corrected chi connectivity index (χ4v) is 2.88. The molecule has 0 amide bonds. The van der Waals surface area contributed by atoms with E-state index >= 15 is 0 Å². The third-order valence-corrected chi connectivity index (χ3v) is 3.98. The minimum Gasteiger partial charge on any atom is -0.496 e. The van der Waals surface area contributed by atoms with Crippen molar-refractivity contribution in [3.05, 3.63) is 53.1 Å². The van der Waals surface area contributed by atoms with Gasteiger partial charge in [0.1, 0.15) is 5.75 Å². The Kier molecular flexibility index (Phi) is 3.31. The fourth-order valence-electron chi connectivity index (χ4n) is 2.88. The van der Waals surface area contributed by atoms with E-state index in [9.17, 15) is 4.79 Å². The Hall–Kier alpha value is -2.09. The summed E-state index contributed by atoms with van der Waals surface area (Å²) in [4.78, 5) is 11.9. The topological polar surface area (TPSA) is 26.3 Å². The molecule has 3 rings (SSSR count). The summed E-state index contributed by atoms with van der Waals surface area (Å²) in [6.45, 7) is 2.05. The zero-order chi connectivity index (χ0) is 14.1. The number of fused-ring (bicyclic) bond motifs is 1. The second-order valence-corrected chi connectivity index (χ2v) is 5.33. The highest BCUT2D eigenvalue weighted by Gasteiger charge is 2.17. The van der Waals surface area contributed by atoms with Crippen LogP contribution in [0, 0.1) is 6.92 Å². The van der Waals surface area contributed by atoms with Crippen LogP contribution in [0.15, 0.2) is 36.4 Å². The van der Waals surface area contributed by atoms with E-state index in [0.717, 1.165) is 29.7 Å². The van der Waals surface area contributed by atoms with Crippen LogP contribution >= 0.6 is 0 Å². The Morgan fingerprint density at radius 1 is 1.00 bits per heavy atom. The number of rotatable bonds is 2. The van der Waals surface area contributed by atoms with Crippen molar-refractivity contribution in [3.63, 3.8) is 0 Å². The van der Waals surface area contributed by atoms with E-state index in [1.807, 2.05) is 25.1 Å². The van der Waals surface area contributed by atoms with Crippen molar-refractivity contribution < 1.29 is 9.53 Å². The Morgan fingerprint density at radius 3 is 2.50 bits per heavy atom. The Morgan fingerprint density at radius 2 is 1.75 bits per heavy atom. The van der Waals surface area contributed by atoms with Gasteiger partial charge >= 0.3 is 0 Å². The van der Waals surface area contributed by atoms with Gasteiger partial charge in [0.15, 0.2) is 5.78 Å². The predicted octanol–water partition coefficient (Wildman–Crippen LogP) is 4.19. The number of carbonyl (C=O) groups excluding carboxylic acids is 1. The van der Waals surface area contributed by atoms with Crippen LogP contribution in [0.4, 0.5) is 0 Å². The van der Waals surface area contributed by atoms with Crippen molar-refractivity contribution in [1.82, 2.24) is 0 Å². The first kappa shape index (κ1) is 12.9. The van der Waals surface area contributed by atoms with E-state index in [0.29, 0.717) is 6.42 Å². The average Bonchev–Trinajstić information content (AvgIpc) is 2.47. The lowest BCUT2D eigenvalue weighted by Crippen LogP contribution is -2.10. The highest BCUT2D eigenvalue weighted by molar-refractivity contribution is 5.99. The molecule has 2 aromatic carbocycles. The van der Waals surface area contributed by atoms with Crippen LogP contribution in [0.1, 0.15) is 34.3 Å². The van der Waals surface area contributed by atoms with E-state index in [2.05, 4.69) is 18.2 Å². The molecule has 0 heterocycles. The number of benzene rings is 2. The van der Waals surface area contributed by atoms with Gasteiger partial charge in [-0.3, -0.25) is 4.79 Å². The van der Waals surface area contributed by atoms with Crippen LogP contribution in [0.3, 0.4) is 0 Å². The van der Waals surface area contributed by atoms with Crippen LogP contribution in [-0.4, -0.2) is 12.9 Å². The van der Waals surface area contributed by atoms with Gasteiger partial charge in [0.2, 0.25) is 0 Å². The SMILES string of the molecule is COc1ccc(-c2ccc3c(c2)CCCC3=O)cc1C. The van der Waals surface area contributed by atoms with Gasteiger partial charge in [-0.05, 0) is 54.2 Å². The van der Waals surface area contributed by atoms with Crippen LogP contribution in [0.2, 0.25) is 0 Å². The third kappa shape index (κ3) is 2.22. The maximum absolute atomic E-state index is 11.9. The molecular weight excluding hydrogens is 248 g/mol. The molecule has 1 aliphatic carbocycles. The number of carbonyl (C=O) groups is 1. The largest absolute Gasteiger partial charge is 0.496 e. The molecule has 0 atom stereocenters. The van der Waals surface area contributed by atoms with Gasteiger partial charge < -0.3 is 4.74 Å². The maximum Gasteiger partial charge on any atom is 0.163 e. The Balaban J connectivity index is 2.03. The van der Waals surface area contributed by atoms with Crippen LogP contribution in [0.25, 0.3) is 11.1 Å². The molecule has 0 saturated heterocycles. The van der Waals surface area contributed by atoms with Gasteiger partial charge in [0.05, 0.1) is 7.11 Å². The third-order valence-electron chi connectivity index (χ3n) is 3.98. The van der Waals surface area contributed by atoms with Crippen molar-refractivity contribution in [2.24, 2.45) is 0 Å². The molecule has 0 radical (unpaired) electrons. The lowest BCUT2D eigenvalue weighted by Gasteiger charge is -2.16. The van der Waals surface area contributed by atoms with E-state index in [-0.39, 0.29) is 5.78 Å². The summed E-state index contributed by atoms with van der Waals surface area (Å²) in [5, 5.41) is 0. The number of ether oxygens (including phenoxy) is 1. The lowest BCUT2D eigenvalue weighted by atomic mass is 9.88. The van der Waals surface area contributed by atoms with Crippen molar-refractivity contribution in [3.8, 4) is 16.9 Å². The molecule has 0 bridgehead atoms. The first-order valence-electron chi connectivity index (χ1n) is 7.00. The van der Waals surface area contributed by atoms with E-state index in [4.69, 9.17) is 4.74 Å². The van der Waals surface area contributed by atoms with Gasteiger partial charge in [-0.1, -0.05) is 24.3 Å². The predicted molar refractivity (Wildman–Crippen MR) is 80.4 cm³/mol. The smallest absolute Gasteiger partial charge is 0.163 e. The number of aryl methyl sites for hydroxylation is 2.